The molecule has 1 aromatic heterocycles. The molecule has 66 valence electrons. The molecule has 0 saturated heterocycles. The number of nitrogens with zero attached hydrogens (tertiary/aromatic N) is 3. The first kappa shape index (κ1) is 8.58. The fourth-order valence-corrected chi connectivity index (χ4v) is 0.815. The van der Waals surface area contributed by atoms with Gasteiger partial charge in [0.15, 0.2) is 5.96 Å². The molecule has 0 fully saturated rings. The normalized spacial score (nSPS) is 11.7. The van der Waals surface area contributed by atoms with Crippen LogP contribution in [0.3, 0.4) is 0 Å². The number of aromatic nitrogens is 2. The summed E-state index contributed by atoms with van der Waals surface area (Å²) in [6.07, 6.45) is 3.63. The van der Waals surface area contributed by atoms with E-state index in [-0.39, 0.29) is 0 Å². The summed E-state index contributed by atoms with van der Waals surface area (Å²) in [5.41, 5.74) is 5.44. The third kappa shape index (κ3) is 1.98. The van der Waals surface area contributed by atoms with E-state index in [1.165, 1.54) is 0 Å². The highest BCUT2D eigenvalue weighted by molar-refractivity contribution is 5.77. The molecular formula is C7H13N5. The molecule has 1 rings (SSSR count). The van der Waals surface area contributed by atoms with Crippen LogP contribution < -0.4 is 11.1 Å². The molecule has 0 radical (unpaired) electrons. The standard InChI is InChI=1S/C7H13N5/c1-9-7(8)11-5-6-10-3-4-12(6)2/h3-4H,5H2,1-2H3,(H3,8,9,11). The summed E-state index contributed by atoms with van der Waals surface area (Å²) < 4.78 is 1.93. The maximum atomic E-state index is 5.44. The average Bonchev–Trinajstić information content (AvgIpc) is 2.47. The number of nitrogens with two attached hydrogens (primary N) is 1. The summed E-state index contributed by atoms with van der Waals surface area (Å²) in [4.78, 5) is 7.88. The minimum Gasteiger partial charge on any atom is -0.370 e. The van der Waals surface area contributed by atoms with E-state index in [1.54, 1.807) is 13.2 Å². The number of hydrogen-bond donors (Lipinski definition) is 2. The third-order valence-corrected chi connectivity index (χ3v) is 1.59. The monoisotopic (exact) mass is 167 g/mol. The number of imidazole rings is 1. The summed E-state index contributed by atoms with van der Waals surface area (Å²) in [6, 6.07) is 0. The van der Waals surface area contributed by atoms with Gasteiger partial charge in [-0.3, -0.25) is 4.99 Å². The van der Waals surface area contributed by atoms with Crippen LogP contribution in [0.1, 0.15) is 5.82 Å². The predicted octanol–water partition coefficient (Wildman–Crippen LogP) is -0.546. The van der Waals surface area contributed by atoms with E-state index in [9.17, 15) is 0 Å². The van der Waals surface area contributed by atoms with Crippen molar-refractivity contribution in [3.05, 3.63) is 18.2 Å². The first-order chi connectivity index (χ1) is 5.74. The molecule has 5 heteroatoms. The van der Waals surface area contributed by atoms with E-state index < -0.39 is 0 Å². The first-order valence-electron chi connectivity index (χ1n) is 3.66. The number of hydrogen-bond acceptors (Lipinski definition) is 2. The van der Waals surface area contributed by atoms with Crippen LogP contribution in [0.5, 0.6) is 0 Å². The van der Waals surface area contributed by atoms with Gasteiger partial charge in [-0.1, -0.05) is 0 Å². The van der Waals surface area contributed by atoms with Crippen molar-refractivity contribution in [2.45, 2.75) is 6.54 Å². The minimum absolute atomic E-state index is 0.429. The molecular weight excluding hydrogens is 154 g/mol. The van der Waals surface area contributed by atoms with E-state index in [2.05, 4.69) is 15.3 Å². The van der Waals surface area contributed by atoms with Crippen LogP contribution in [0.15, 0.2) is 17.4 Å². The summed E-state index contributed by atoms with van der Waals surface area (Å²) in [5.74, 6) is 1.36. The molecule has 3 N–H and O–H groups in total. The van der Waals surface area contributed by atoms with Gasteiger partial charge in [-0.2, -0.15) is 0 Å². The molecule has 0 aliphatic rings. The molecule has 0 atom stereocenters. The van der Waals surface area contributed by atoms with Crippen molar-refractivity contribution in [3.8, 4) is 0 Å². The van der Waals surface area contributed by atoms with Gasteiger partial charge in [0, 0.05) is 26.5 Å². The van der Waals surface area contributed by atoms with Gasteiger partial charge in [0.2, 0.25) is 0 Å². The predicted molar refractivity (Wildman–Crippen MR) is 47.6 cm³/mol. The zero-order chi connectivity index (χ0) is 8.97. The second-order valence-electron chi connectivity index (χ2n) is 2.42. The van der Waals surface area contributed by atoms with Gasteiger partial charge in [0.25, 0.3) is 0 Å². The van der Waals surface area contributed by atoms with E-state index in [0.29, 0.717) is 12.5 Å². The van der Waals surface area contributed by atoms with Crippen molar-refractivity contribution in [2.75, 3.05) is 7.05 Å². The molecule has 0 aliphatic carbocycles. The summed E-state index contributed by atoms with van der Waals surface area (Å²) in [6.45, 7) is 0.604. The lowest BCUT2D eigenvalue weighted by Crippen LogP contribution is -2.31. The van der Waals surface area contributed by atoms with Crippen molar-refractivity contribution in [2.24, 2.45) is 17.8 Å². The molecule has 0 bridgehead atoms. The number of aliphatic imine (C=N–C) groups is 1. The molecule has 0 amide bonds. The van der Waals surface area contributed by atoms with E-state index in [0.717, 1.165) is 5.82 Å². The lowest BCUT2D eigenvalue weighted by atomic mass is 10.6. The zero-order valence-corrected chi connectivity index (χ0v) is 7.28. The fraction of sp³-hybridized carbons (Fsp3) is 0.429. The second-order valence-corrected chi connectivity index (χ2v) is 2.42. The Morgan fingerprint density at radius 2 is 2.58 bits per heavy atom. The minimum atomic E-state index is 0.429. The highest BCUT2D eigenvalue weighted by Gasteiger charge is 1.97. The maximum Gasteiger partial charge on any atom is 0.188 e. The van der Waals surface area contributed by atoms with Gasteiger partial charge in [-0.25, -0.2) is 4.98 Å². The second kappa shape index (κ2) is 3.75. The Morgan fingerprint density at radius 1 is 1.83 bits per heavy atom. The van der Waals surface area contributed by atoms with Crippen LogP contribution in [0.4, 0.5) is 0 Å². The Morgan fingerprint density at radius 3 is 3.08 bits per heavy atom. The lowest BCUT2D eigenvalue weighted by molar-refractivity contribution is 0.747. The van der Waals surface area contributed by atoms with Crippen LogP contribution in [-0.2, 0) is 13.6 Å². The Bertz CT molecular complexity index is 275. The molecule has 0 aromatic carbocycles. The highest BCUT2D eigenvalue weighted by Crippen LogP contribution is 1.91. The van der Waals surface area contributed by atoms with E-state index >= 15 is 0 Å². The highest BCUT2D eigenvalue weighted by atomic mass is 15.1. The van der Waals surface area contributed by atoms with Crippen molar-refractivity contribution < 1.29 is 0 Å². The fourth-order valence-electron chi connectivity index (χ4n) is 0.815. The largest absolute Gasteiger partial charge is 0.370 e. The summed E-state index contributed by atoms with van der Waals surface area (Å²) >= 11 is 0. The van der Waals surface area contributed by atoms with Gasteiger partial charge in [-0.15, -0.1) is 0 Å². The number of nitrogens with one attached hydrogen (secondary N) is 1. The molecule has 0 saturated carbocycles. The molecule has 0 spiro atoms. The summed E-state index contributed by atoms with van der Waals surface area (Å²) in [5, 5.41) is 2.92. The Labute approximate surface area is 71.3 Å². The SMILES string of the molecule is CN=C(N)NCc1nccn1C. The number of rotatable bonds is 2. The lowest BCUT2D eigenvalue weighted by Gasteiger charge is -2.03. The van der Waals surface area contributed by atoms with Gasteiger partial charge in [0.05, 0.1) is 6.54 Å². The zero-order valence-electron chi connectivity index (χ0n) is 7.28. The van der Waals surface area contributed by atoms with E-state index in [1.807, 2.05) is 17.8 Å². The van der Waals surface area contributed by atoms with Crippen LogP contribution in [0.2, 0.25) is 0 Å². The van der Waals surface area contributed by atoms with Crippen LogP contribution >= 0.6 is 0 Å². The van der Waals surface area contributed by atoms with E-state index in [4.69, 9.17) is 5.73 Å². The number of aryl methyl sites for hydroxylation is 1. The number of guanidine groups is 1. The first-order valence-corrected chi connectivity index (χ1v) is 3.66. The average molecular weight is 167 g/mol. The molecule has 12 heavy (non-hydrogen) atoms. The van der Waals surface area contributed by atoms with Crippen molar-refractivity contribution in [3.63, 3.8) is 0 Å². The molecule has 1 heterocycles. The molecule has 1 aromatic rings. The van der Waals surface area contributed by atoms with Crippen molar-refractivity contribution in [1.29, 1.82) is 0 Å². The Hall–Kier alpha value is -1.52. The molecule has 0 aliphatic heterocycles. The van der Waals surface area contributed by atoms with Crippen molar-refractivity contribution in [1.82, 2.24) is 14.9 Å². The van der Waals surface area contributed by atoms with Gasteiger partial charge >= 0.3 is 0 Å². The third-order valence-electron chi connectivity index (χ3n) is 1.59. The molecule has 0 unspecified atom stereocenters. The van der Waals surface area contributed by atoms with Gasteiger partial charge in [-0.05, 0) is 0 Å². The Balaban J connectivity index is 2.49. The molecule has 5 nitrogen and oxygen atoms in total. The van der Waals surface area contributed by atoms with Crippen LogP contribution in [-0.4, -0.2) is 22.6 Å². The maximum absolute atomic E-state index is 5.44. The smallest absolute Gasteiger partial charge is 0.188 e. The summed E-state index contributed by atoms with van der Waals surface area (Å²) in [7, 11) is 3.57. The van der Waals surface area contributed by atoms with Gasteiger partial charge < -0.3 is 15.6 Å². The van der Waals surface area contributed by atoms with Crippen LogP contribution in [0.25, 0.3) is 0 Å². The van der Waals surface area contributed by atoms with Gasteiger partial charge in [0.1, 0.15) is 5.82 Å². The van der Waals surface area contributed by atoms with Crippen LogP contribution in [0, 0.1) is 0 Å². The topological polar surface area (TPSA) is 68.2 Å². The Kier molecular flexibility index (Phi) is 2.68. The van der Waals surface area contributed by atoms with Crippen molar-refractivity contribution >= 4 is 5.96 Å². The quantitative estimate of drug-likeness (QED) is 0.459.